The summed E-state index contributed by atoms with van der Waals surface area (Å²) in [6.07, 6.45) is 7.46. The van der Waals surface area contributed by atoms with Crippen LogP contribution in [0.25, 0.3) is 0 Å². The molecule has 3 atom stereocenters. The van der Waals surface area contributed by atoms with Gasteiger partial charge in [-0.25, -0.2) is 23.1 Å². The Morgan fingerprint density at radius 3 is 2.38 bits per heavy atom. The Kier molecular flexibility index (Phi) is 4.36. The molecule has 2 saturated carbocycles. The Bertz CT molecular complexity index is 900. The van der Waals surface area contributed by atoms with Crippen molar-refractivity contribution in [2.24, 2.45) is 17.8 Å². The fourth-order valence-corrected chi connectivity index (χ4v) is 5.01. The van der Waals surface area contributed by atoms with E-state index in [9.17, 15) is 13.2 Å². The standard InChI is InChI=1S/C18H20N4O3S/c23-17(16-11-12-2-3-13(16)10-12)21-14-4-6-15(7-5-14)26(24,25)22-18-19-8-1-9-20-18/h1,4-9,12-13,16H,2-3,10-11H2,(H,21,23)(H,19,20,22)/t12-,13-,16+/m0/s1. The molecule has 2 fully saturated rings. The zero-order valence-corrected chi connectivity index (χ0v) is 14.9. The molecule has 1 amide bonds. The van der Waals surface area contributed by atoms with Gasteiger partial charge in [0.1, 0.15) is 0 Å². The molecule has 2 aliphatic rings. The molecule has 1 aromatic carbocycles. The van der Waals surface area contributed by atoms with E-state index in [0.717, 1.165) is 12.8 Å². The minimum atomic E-state index is -3.77. The van der Waals surface area contributed by atoms with E-state index in [2.05, 4.69) is 20.0 Å². The minimum absolute atomic E-state index is 0.0150. The van der Waals surface area contributed by atoms with E-state index in [1.165, 1.54) is 37.4 Å². The summed E-state index contributed by atoms with van der Waals surface area (Å²) in [4.78, 5) is 20.3. The third-order valence-corrected chi connectivity index (χ3v) is 6.64. The van der Waals surface area contributed by atoms with Crippen molar-refractivity contribution in [1.82, 2.24) is 9.97 Å². The monoisotopic (exact) mass is 372 g/mol. The number of amides is 1. The van der Waals surface area contributed by atoms with E-state index in [0.29, 0.717) is 17.5 Å². The van der Waals surface area contributed by atoms with E-state index in [-0.39, 0.29) is 22.7 Å². The van der Waals surface area contributed by atoms with E-state index in [4.69, 9.17) is 0 Å². The predicted octanol–water partition coefficient (Wildman–Crippen LogP) is 2.65. The van der Waals surface area contributed by atoms with Crippen LogP contribution in [0.1, 0.15) is 25.7 Å². The van der Waals surface area contributed by atoms with Crippen molar-refractivity contribution in [3.05, 3.63) is 42.7 Å². The molecule has 2 N–H and O–H groups in total. The molecule has 7 nitrogen and oxygen atoms in total. The zero-order chi connectivity index (χ0) is 18.1. The molecular formula is C18H20N4O3S. The molecule has 0 spiro atoms. The van der Waals surface area contributed by atoms with Crippen LogP contribution in [-0.2, 0) is 14.8 Å². The van der Waals surface area contributed by atoms with Crippen molar-refractivity contribution in [3.63, 3.8) is 0 Å². The van der Waals surface area contributed by atoms with Crippen LogP contribution >= 0.6 is 0 Å². The summed E-state index contributed by atoms with van der Waals surface area (Å²) in [6.45, 7) is 0. The van der Waals surface area contributed by atoms with Crippen molar-refractivity contribution in [2.45, 2.75) is 30.6 Å². The summed E-state index contributed by atoms with van der Waals surface area (Å²) in [5.41, 5.74) is 0.604. The third-order valence-electron chi connectivity index (χ3n) is 5.30. The number of carbonyl (C=O) groups excluding carboxylic acids is 1. The maximum absolute atomic E-state index is 12.5. The van der Waals surface area contributed by atoms with Crippen LogP contribution < -0.4 is 10.0 Å². The highest BCUT2D eigenvalue weighted by atomic mass is 32.2. The molecular weight excluding hydrogens is 352 g/mol. The van der Waals surface area contributed by atoms with Crippen LogP contribution in [0.15, 0.2) is 47.6 Å². The molecule has 26 heavy (non-hydrogen) atoms. The maximum Gasteiger partial charge on any atom is 0.264 e. The second kappa shape index (κ2) is 6.68. The lowest BCUT2D eigenvalue weighted by Gasteiger charge is -2.20. The van der Waals surface area contributed by atoms with Crippen LogP contribution in [-0.4, -0.2) is 24.3 Å². The molecule has 0 saturated heterocycles. The van der Waals surface area contributed by atoms with Crippen LogP contribution in [0.2, 0.25) is 0 Å². The summed E-state index contributed by atoms with van der Waals surface area (Å²) in [5, 5.41) is 2.92. The van der Waals surface area contributed by atoms with Crippen LogP contribution in [0, 0.1) is 17.8 Å². The van der Waals surface area contributed by atoms with Gasteiger partial charge in [0.05, 0.1) is 4.90 Å². The number of carbonyl (C=O) groups is 1. The maximum atomic E-state index is 12.5. The van der Waals surface area contributed by atoms with Crippen molar-refractivity contribution >= 4 is 27.6 Å². The SMILES string of the molecule is O=C(Nc1ccc(S(=O)(=O)Nc2ncccn2)cc1)[C@@H]1C[C@H]2CC[C@H]1C2. The first-order valence-electron chi connectivity index (χ1n) is 8.72. The average molecular weight is 372 g/mol. The van der Waals surface area contributed by atoms with E-state index in [1.54, 1.807) is 18.2 Å². The molecule has 0 unspecified atom stereocenters. The molecule has 8 heteroatoms. The summed E-state index contributed by atoms with van der Waals surface area (Å²) < 4.78 is 27.0. The lowest BCUT2D eigenvalue weighted by molar-refractivity contribution is -0.121. The number of nitrogens with one attached hydrogen (secondary N) is 2. The first-order valence-corrected chi connectivity index (χ1v) is 10.2. The number of hydrogen-bond donors (Lipinski definition) is 2. The third kappa shape index (κ3) is 3.41. The van der Waals surface area contributed by atoms with Crippen LogP contribution in [0.4, 0.5) is 11.6 Å². The van der Waals surface area contributed by atoms with Crippen molar-refractivity contribution in [2.75, 3.05) is 10.0 Å². The van der Waals surface area contributed by atoms with Gasteiger partial charge >= 0.3 is 0 Å². The molecule has 2 aliphatic carbocycles. The number of benzene rings is 1. The molecule has 1 aromatic heterocycles. The quantitative estimate of drug-likeness (QED) is 0.840. The van der Waals surface area contributed by atoms with E-state index < -0.39 is 10.0 Å². The summed E-state index contributed by atoms with van der Waals surface area (Å²) >= 11 is 0. The Hall–Kier alpha value is -2.48. The number of nitrogens with zero attached hydrogens (tertiary/aromatic N) is 2. The lowest BCUT2D eigenvalue weighted by atomic mass is 9.88. The number of fused-ring (bicyclic) bond motifs is 2. The van der Waals surface area contributed by atoms with Gasteiger partial charge in [-0.2, -0.15) is 0 Å². The second-order valence-electron chi connectivity index (χ2n) is 6.97. The number of aromatic nitrogens is 2. The van der Waals surface area contributed by atoms with Crippen molar-refractivity contribution in [1.29, 1.82) is 0 Å². The molecule has 4 rings (SSSR count). The number of sulfonamides is 1. The fraction of sp³-hybridized carbons (Fsp3) is 0.389. The van der Waals surface area contributed by atoms with E-state index >= 15 is 0 Å². The highest BCUT2D eigenvalue weighted by molar-refractivity contribution is 7.92. The van der Waals surface area contributed by atoms with Crippen LogP contribution in [0.5, 0.6) is 0 Å². The molecule has 1 heterocycles. The smallest absolute Gasteiger partial charge is 0.264 e. The highest BCUT2D eigenvalue weighted by Gasteiger charge is 2.43. The number of anilines is 2. The van der Waals surface area contributed by atoms with Gasteiger partial charge in [0, 0.05) is 24.0 Å². The summed E-state index contributed by atoms with van der Waals surface area (Å²) in [6, 6.07) is 7.73. The Balaban J connectivity index is 1.42. The van der Waals surface area contributed by atoms with Gasteiger partial charge in [0.15, 0.2) is 0 Å². The number of hydrogen-bond acceptors (Lipinski definition) is 5. The molecule has 2 bridgehead atoms. The largest absolute Gasteiger partial charge is 0.326 e. The summed E-state index contributed by atoms with van der Waals surface area (Å²) in [7, 11) is -3.77. The van der Waals surface area contributed by atoms with Crippen LogP contribution in [0.3, 0.4) is 0 Å². The Morgan fingerprint density at radius 1 is 1.04 bits per heavy atom. The first kappa shape index (κ1) is 17.0. The van der Waals surface area contributed by atoms with Crippen molar-refractivity contribution in [3.8, 4) is 0 Å². The normalized spacial score (nSPS) is 24.4. The average Bonchev–Trinajstić information content (AvgIpc) is 3.26. The first-order chi connectivity index (χ1) is 12.5. The second-order valence-corrected chi connectivity index (χ2v) is 8.66. The van der Waals surface area contributed by atoms with E-state index in [1.807, 2.05) is 0 Å². The lowest BCUT2D eigenvalue weighted by Crippen LogP contribution is -2.27. The topological polar surface area (TPSA) is 101 Å². The molecule has 0 aliphatic heterocycles. The highest BCUT2D eigenvalue weighted by Crippen LogP contribution is 2.48. The zero-order valence-electron chi connectivity index (χ0n) is 14.1. The summed E-state index contributed by atoms with van der Waals surface area (Å²) in [5.74, 6) is 1.36. The number of rotatable bonds is 5. The molecule has 0 radical (unpaired) electrons. The van der Waals surface area contributed by atoms with Gasteiger partial charge < -0.3 is 5.32 Å². The minimum Gasteiger partial charge on any atom is -0.326 e. The molecule has 136 valence electrons. The van der Waals surface area contributed by atoms with Gasteiger partial charge in [-0.05, 0) is 61.4 Å². The van der Waals surface area contributed by atoms with Crippen molar-refractivity contribution < 1.29 is 13.2 Å². The molecule has 2 aromatic rings. The van der Waals surface area contributed by atoms with Gasteiger partial charge in [-0.1, -0.05) is 6.42 Å². The van der Waals surface area contributed by atoms with Gasteiger partial charge in [0.25, 0.3) is 10.0 Å². The fourth-order valence-electron chi connectivity index (χ4n) is 4.05. The Morgan fingerprint density at radius 2 is 1.77 bits per heavy atom. The van der Waals surface area contributed by atoms with Gasteiger partial charge in [-0.15, -0.1) is 0 Å². The van der Waals surface area contributed by atoms with Gasteiger partial charge in [-0.3, -0.25) is 4.79 Å². The Labute approximate surface area is 152 Å². The predicted molar refractivity (Wildman–Crippen MR) is 96.9 cm³/mol. The van der Waals surface area contributed by atoms with Gasteiger partial charge in [0.2, 0.25) is 11.9 Å².